The Labute approximate surface area is 100.0 Å². The van der Waals surface area contributed by atoms with Crippen molar-refractivity contribution in [3.05, 3.63) is 41.7 Å². The fraction of sp³-hybridized carbons (Fsp3) is 0. The molecule has 0 amide bonds. The van der Waals surface area contributed by atoms with Crippen molar-refractivity contribution in [1.82, 2.24) is 14.8 Å². The third-order valence-corrected chi connectivity index (χ3v) is 3.18. The first kappa shape index (κ1) is 9.98. The van der Waals surface area contributed by atoms with Crippen LogP contribution in [0.1, 0.15) is 10.5 Å². The lowest BCUT2D eigenvalue weighted by Gasteiger charge is -2.00. The maximum atomic E-state index is 10.7. The van der Waals surface area contributed by atoms with E-state index in [0.717, 1.165) is 15.9 Å². The van der Waals surface area contributed by atoms with E-state index >= 15 is 0 Å². The average molecular weight is 245 g/mol. The SMILES string of the molecule is O=C(O)c1ccn(-c2ccc3ncsc3c2)n1. The molecule has 84 valence electrons. The zero-order valence-corrected chi connectivity index (χ0v) is 9.39. The number of hydrogen-bond donors (Lipinski definition) is 1. The van der Waals surface area contributed by atoms with E-state index in [1.807, 2.05) is 18.2 Å². The van der Waals surface area contributed by atoms with Gasteiger partial charge in [0.2, 0.25) is 0 Å². The lowest BCUT2D eigenvalue weighted by atomic mass is 10.3. The van der Waals surface area contributed by atoms with Gasteiger partial charge in [-0.1, -0.05) is 0 Å². The summed E-state index contributed by atoms with van der Waals surface area (Å²) >= 11 is 1.54. The summed E-state index contributed by atoms with van der Waals surface area (Å²) < 4.78 is 2.60. The maximum Gasteiger partial charge on any atom is 0.356 e. The Morgan fingerprint density at radius 1 is 1.35 bits per heavy atom. The van der Waals surface area contributed by atoms with Gasteiger partial charge in [0.05, 0.1) is 21.4 Å². The van der Waals surface area contributed by atoms with E-state index in [0.29, 0.717) is 0 Å². The number of nitrogens with zero attached hydrogens (tertiary/aromatic N) is 3. The highest BCUT2D eigenvalue weighted by Gasteiger charge is 2.08. The summed E-state index contributed by atoms with van der Waals surface area (Å²) in [6.07, 6.45) is 1.63. The molecule has 6 heteroatoms. The highest BCUT2D eigenvalue weighted by molar-refractivity contribution is 7.16. The highest BCUT2D eigenvalue weighted by atomic mass is 32.1. The molecular formula is C11H7N3O2S. The predicted octanol–water partition coefficient (Wildman–Crippen LogP) is 2.18. The van der Waals surface area contributed by atoms with Crippen LogP contribution in [0.3, 0.4) is 0 Å². The van der Waals surface area contributed by atoms with E-state index in [2.05, 4.69) is 10.1 Å². The summed E-state index contributed by atoms with van der Waals surface area (Å²) in [6.45, 7) is 0. The standard InChI is InChI=1S/C11H7N3O2S/c15-11(16)9-3-4-14(13-9)7-1-2-8-10(5-7)17-6-12-8/h1-6H,(H,15,16). The Bertz CT molecular complexity index is 701. The molecule has 0 saturated carbocycles. The summed E-state index contributed by atoms with van der Waals surface area (Å²) in [5, 5.41) is 12.8. The second kappa shape index (κ2) is 3.67. The summed E-state index contributed by atoms with van der Waals surface area (Å²) in [4.78, 5) is 14.9. The summed E-state index contributed by atoms with van der Waals surface area (Å²) in [5.41, 5.74) is 3.58. The van der Waals surface area contributed by atoms with Crippen molar-refractivity contribution in [1.29, 1.82) is 0 Å². The van der Waals surface area contributed by atoms with Crippen LogP contribution in [0.5, 0.6) is 0 Å². The van der Waals surface area contributed by atoms with E-state index in [1.165, 1.54) is 6.07 Å². The van der Waals surface area contributed by atoms with Crippen LogP contribution in [0, 0.1) is 0 Å². The minimum Gasteiger partial charge on any atom is -0.476 e. The van der Waals surface area contributed by atoms with Crippen LogP contribution >= 0.6 is 11.3 Å². The van der Waals surface area contributed by atoms with Crippen LogP contribution in [-0.2, 0) is 0 Å². The average Bonchev–Trinajstić information content (AvgIpc) is 2.97. The van der Waals surface area contributed by atoms with Gasteiger partial charge in [0, 0.05) is 6.20 Å². The molecule has 0 unspecified atom stereocenters. The number of benzene rings is 1. The van der Waals surface area contributed by atoms with Gasteiger partial charge < -0.3 is 5.11 Å². The largest absolute Gasteiger partial charge is 0.476 e. The molecule has 3 aromatic rings. The molecule has 3 rings (SSSR count). The monoisotopic (exact) mass is 245 g/mol. The molecule has 2 aromatic heterocycles. The first-order valence-corrected chi connectivity index (χ1v) is 5.74. The van der Waals surface area contributed by atoms with Gasteiger partial charge >= 0.3 is 5.97 Å². The first-order valence-electron chi connectivity index (χ1n) is 4.86. The number of thiazole rings is 1. The lowest BCUT2D eigenvalue weighted by molar-refractivity contribution is 0.0690. The number of hydrogen-bond acceptors (Lipinski definition) is 4. The Kier molecular flexibility index (Phi) is 2.15. The van der Waals surface area contributed by atoms with E-state index in [-0.39, 0.29) is 5.69 Å². The Morgan fingerprint density at radius 2 is 2.24 bits per heavy atom. The van der Waals surface area contributed by atoms with Gasteiger partial charge in [0.1, 0.15) is 0 Å². The lowest BCUT2D eigenvalue weighted by Crippen LogP contribution is -2.00. The second-order valence-electron chi connectivity index (χ2n) is 3.46. The van der Waals surface area contributed by atoms with Crippen molar-refractivity contribution in [3.8, 4) is 5.69 Å². The van der Waals surface area contributed by atoms with Crippen LogP contribution in [0.4, 0.5) is 0 Å². The van der Waals surface area contributed by atoms with Crippen molar-refractivity contribution < 1.29 is 9.90 Å². The van der Waals surface area contributed by atoms with E-state index in [4.69, 9.17) is 5.11 Å². The minimum atomic E-state index is -1.03. The molecule has 0 fully saturated rings. The fourth-order valence-electron chi connectivity index (χ4n) is 1.57. The molecule has 2 heterocycles. The Balaban J connectivity index is 2.09. The van der Waals surface area contributed by atoms with Crippen LogP contribution in [0.25, 0.3) is 15.9 Å². The van der Waals surface area contributed by atoms with Crippen LogP contribution < -0.4 is 0 Å². The molecule has 1 N–H and O–H groups in total. The first-order chi connectivity index (χ1) is 8.24. The fourth-order valence-corrected chi connectivity index (χ4v) is 2.28. The molecule has 0 atom stereocenters. The third-order valence-electron chi connectivity index (χ3n) is 2.39. The van der Waals surface area contributed by atoms with Gasteiger partial charge in [0.15, 0.2) is 5.69 Å². The number of aromatic carboxylic acids is 1. The zero-order chi connectivity index (χ0) is 11.8. The maximum absolute atomic E-state index is 10.7. The summed E-state index contributed by atoms with van der Waals surface area (Å²) in [7, 11) is 0. The number of carboxylic acid groups (broad SMARTS) is 1. The number of carboxylic acids is 1. The minimum absolute atomic E-state index is 0.0365. The van der Waals surface area contributed by atoms with Crippen molar-refractivity contribution in [2.45, 2.75) is 0 Å². The van der Waals surface area contributed by atoms with Crippen LogP contribution in [-0.4, -0.2) is 25.8 Å². The number of fused-ring (bicyclic) bond motifs is 1. The summed E-state index contributed by atoms with van der Waals surface area (Å²) in [6, 6.07) is 7.16. The van der Waals surface area contributed by atoms with Crippen LogP contribution in [0.2, 0.25) is 0 Å². The van der Waals surface area contributed by atoms with Gasteiger partial charge in [-0.05, 0) is 24.3 Å². The van der Waals surface area contributed by atoms with E-state index in [1.54, 1.807) is 27.7 Å². The molecule has 0 spiro atoms. The van der Waals surface area contributed by atoms with Crippen molar-refractivity contribution >= 4 is 27.5 Å². The van der Waals surface area contributed by atoms with Crippen molar-refractivity contribution in [2.24, 2.45) is 0 Å². The number of rotatable bonds is 2. The van der Waals surface area contributed by atoms with Gasteiger partial charge in [-0.15, -0.1) is 11.3 Å². The molecule has 0 bridgehead atoms. The second-order valence-corrected chi connectivity index (χ2v) is 4.34. The number of carbonyl (C=O) groups is 1. The van der Waals surface area contributed by atoms with Gasteiger partial charge in [-0.3, -0.25) is 0 Å². The van der Waals surface area contributed by atoms with Crippen molar-refractivity contribution in [2.75, 3.05) is 0 Å². The molecule has 17 heavy (non-hydrogen) atoms. The molecule has 1 aromatic carbocycles. The van der Waals surface area contributed by atoms with E-state index in [9.17, 15) is 4.79 Å². The number of aromatic nitrogens is 3. The topological polar surface area (TPSA) is 68.0 Å². The highest BCUT2D eigenvalue weighted by Crippen LogP contribution is 2.20. The molecule has 0 saturated heterocycles. The molecule has 0 aliphatic heterocycles. The van der Waals surface area contributed by atoms with Gasteiger partial charge in [-0.25, -0.2) is 14.5 Å². The van der Waals surface area contributed by atoms with E-state index < -0.39 is 5.97 Å². The Hall–Kier alpha value is -2.21. The Morgan fingerprint density at radius 3 is 3.00 bits per heavy atom. The zero-order valence-electron chi connectivity index (χ0n) is 8.57. The van der Waals surface area contributed by atoms with Gasteiger partial charge in [-0.2, -0.15) is 5.10 Å². The van der Waals surface area contributed by atoms with Gasteiger partial charge in [0.25, 0.3) is 0 Å². The quantitative estimate of drug-likeness (QED) is 0.751. The molecular weight excluding hydrogens is 238 g/mol. The third kappa shape index (κ3) is 1.68. The van der Waals surface area contributed by atoms with Crippen LogP contribution in [0.15, 0.2) is 36.0 Å². The molecule has 0 aliphatic rings. The van der Waals surface area contributed by atoms with Crippen molar-refractivity contribution in [3.63, 3.8) is 0 Å². The normalized spacial score (nSPS) is 10.8. The summed E-state index contributed by atoms with van der Waals surface area (Å²) in [5.74, 6) is -1.03. The smallest absolute Gasteiger partial charge is 0.356 e. The molecule has 5 nitrogen and oxygen atoms in total. The predicted molar refractivity (Wildman–Crippen MR) is 63.7 cm³/mol. The molecule has 0 radical (unpaired) electrons. The molecule has 0 aliphatic carbocycles.